The van der Waals surface area contributed by atoms with Crippen LogP contribution >= 0.6 is 23.2 Å². The maximum absolute atomic E-state index is 11.8. The van der Waals surface area contributed by atoms with E-state index < -0.39 is 11.8 Å². The van der Waals surface area contributed by atoms with Crippen LogP contribution in [0.3, 0.4) is 0 Å². The second-order valence-corrected chi connectivity index (χ2v) is 5.69. The van der Waals surface area contributed by atoms with Crippen molar-refractivity contribution < 1.29 is 14.3 Å². The number of para-hydroxylation sites is 1. The Labute approximate surface area is 154 Å². The lowest BCUT2D eigenvalue weighted by molar-refractivity contribution is -0.125. The van der Waals surface area contributed by atoms with Gasteiger partial charge in [0.1, 0.15) is 11.8 Å². The van der Waals surface area contributed by atoms with Gasteiger partial charge in [-0.25, -0.2) is 0 Å². The third kappa shape index (κ3) is 5.68. The number of hydrogen-bond acceptors (Lipinski definition) is 4. The third-order valence-corrected chi connectivity index (χ3v) is 3.55. The molecule has 2 aromatic rings. The zero-order valence-corrected chi connectivity index (χ0v) is 14.4. The van der Waals surface area contributed by atoms with Crippen molar-refractivity contribution in [2.24, 2.45) is 0 Å². The Bertz CT molecular complexity index is 834. The van der Waals surface area contributed by atoms with Crippen LogP contribution in [0.2, 0.25) is 10.0 Å². The molecule has 0 heterocycles. The van der Waals surface area contributed by atoms with E-state index in [0.29, 0.717) is 22.0 Å². The average Bonchev–Trinajstić information content (AvgIpc) is 2.59. The Balaban J connectivity index is 1.79. The van der Waals surface area contributed by atoms with E-state index in [2.05, 4.69) is 10.6 Å². The second kappa shape index (κ2) is 8.92. The molecule has 0 unspecified atom stereocenters. The van der Waals surface area contributed by atoms with Gasteiger partial charge in [0, 0.05) is 5.02 Å². The normalized spacial score (nSPS) is 9.80. The first-order chi connectivity index (χ1) is 12.0. The standard InChI is InChI=1S/C17H13Cl2N3O3/c18-12-5-6-15(13(19)7-12)25-10-17(24)21-9-16(23)22-14-4-2-1-3-11(14)8-20/h1-7H,9-10H2,(H,21,24)(H,22,23). The number of halogens is 2. The van der Waals surface area contributed by atoms with Crippen LogP contribution in [0, 0.1) is 11.3 Å². The summed E-state index contributed by atoms with van der Waals surface area (Å²) in [6.45, 7) is -0.556. The number of carbonyl (C=O) groups excluding carboxylic acids is 2. The minimum atomic E-state index is -0.491. The minimum Gasteiger partial charge on any atom is -0.482 e. The first-order valence-corrected chi connectivity index (χ1v) is 7.88. The lowest BCUT2D eigenvalue weighted by Gasteiger charge is -2.10. The van der Waals surface area contributed by atoms with E-state index in [1.807, 2.05) is 6.07 Å². The highest BCUT2D eigenvalue weighted by atomic mass is 35.5. The van der Waals surface area contributed by atoms with E-state index in [9.17, 15) is 9.59 Å². The predicted molar refractivity (Wildman–Crippen MR) is 94.8 cm³/mol. The van der Waals surface area contributed by atoms with Gasteiger partial charge in [0.2, 0.25) is 5.91 Å². The van der Waals surface area contributed by atoms with E-state index in [1.165, 1.54) is 6.07 Å². The molecule has 6 nitrogen and oxygen atoms in total. The molecule has 0 fully saturated rings. The largest absolute Gasteiger partial charge is 0.482 e. The number of rotatable bonds is 6. The fourth-order valence-corrected chi connectivity index (χ4v) is 2.31. The van der Waals surface area contributed by atoms with Crippen LogP contribution in [-0.2, 0) is 9.59 Å². The molecule has 0 aliphatic carbocycles. The van der Waals surface area contributed by atoms with Crippen molar-refractivity contribution in [3.05, 3.63) is 58.1 Å². The van der Waals surface area contributed by atoms with Gasteiger partial charge in [-0.1, -0.05) is 35.3 Å². The van der Waals surface area contributed by atoms with Crippen molar-refractivity contribution in [3.8, 4) is 11.8 Å². The molecule has 128 valence electrons. The van der Waals surface area contributed by atoms with E-state index in [1.54, 1.807) is 36.4 Å². The zero-order valence-electron chi connectivity index (χ0n) is 12.9. The first-order valence-electron chi connectivity index (χ1n) is 7.13. The van der Waals surface area contributed by atoms with Crippen molar-refractivity contribution in [2.45, 2.75) is 0 Å². The average molecular weight is 378 g/mol. The lowest BCUT2D eigenvalue weighted by atomic mass is 10.2. The highest BCUT2D eigenvalue weighted by Gasteiger charge is 2.10. The summed E-state index contributed by atoms with van der Waals surface area (Å²) in [7, 11) is 0. The van der Waals surface area contributed by atoms with Crippen molar-refractivity contribution >= 4 is 40.7 Å². The van der Waals surface area contributed by atoms with E-state index in [0.717, 1.165) is 0 Å². The molecule has 0 saturated carbocycles. The zero-order chi connectivity index (χ0) is 18.2. The van der Waals surface area contributed by atoms with Crippen LogP contribution in [0.5, 0.6) is 5.75 Å². The van der Waals surface area contributed by atoms with Crippen molar-refractivity contribution in [1.29, 1.82) is 5.26 Å². The summed E-state index contributed by atoms with van der Waals surface area (Å²) in [5.41, 5.74) is 0.719. The summed E-state index contributed by atoms with van der Waals surface area (Å²) >= 11 is 11.7. The maximum Gasteiger partial charge on any atom is 0.258 e. The molecule has 8 heteroatoms. The molecule has 0 spiro atoms. The van der Waals surface area contributed by atoms with Crippen molar-refractivity contribution in [3.63, 3.8) is 0 Å². The van der Waals surface area contributed by atoms with Gasteiger partial charge in [0.05, 0.1) is 22.8 Å². The highest BCUT2D eigenvalue weighted by Crippen LogP contribution is 2.27. The number of nitrogens with zero attached hydrogens (tertiary/aromatic N) is 1. The Kier molecular flexibility index (Phi) is 6.63. The van der Waals surface area contributed by atoms with Gasteiger partial charge in [-0.05, 0) is 30.3 Å². The van der Waals surface area contributed by atoms with Gasteiger partial charge in [-0.15, -0.1) is 0 Å². The number of carbonyl (C=O) groups is 2. The van der Waals surface area contributed by atoms with Crippen LogP contribution in [0.4, 0.5) is 5.69 Å². The van der Waals surface area contributed by atoms with Crippen molar-refractivity contribution in [1.82, 2.24) is 5.32 Å². The highest BCUT2D eigenvalue weighted by molar-refractivity contribution is 6.35. The number of amides is 2. The summed E-state index contributed by atoms with van der Waals surface area (Å²) in [5, 5.41) is 14.7. The number of ether oxygens (including phenoxy) is 1. The number of nitriles is 1. The van der Waals surface area contributed by atoms with E-state index in [-0.39, 0.29) is 18.2 Å². The molecule has 2 N–H and O–H groups in total. The number of benzene rings is 2. The minimum absolute atomic E-state index is 0.254. The van der Waals surface area contributed by atoms with Gasteiger partial charge in [-0.3, -0.25) is 9.59 Å². The summed E-state index contributed by atoms with van der Waals surface area (Å²) in [5.74, 6) is -0.635. The lowest BCUT2D eigenvalue weighted by Crippen LogP contribution is -2.35. The van der Waals surface area contributed by atoms with Gasteiger partial charge < -0.3 is 15.4 Å². The van der Waals surface area contributed by atoms with Crippen molar-refractivity contribution in [2.75, 3.05) is 18.5 Å². The summed E-state index contributed by atoms with van der Waals surface area (Å²) < 4.78 is 5.26. The monoisotopic (exact) mass is 377 g/mol. The molecular weight excluding hydrogens is 365 g/mol. The topological polar surface area (TPSA) is 91.2 Å². The van der Waals surface area contributed by atoms with E-state index >= 15 is 0 Å². The molecule has 0 saturated heterocycles. The predicted octanol–water partition coefficient (Wildman–Crippen LogP) is 3.00. The molecule has 0 aromatic heterocycles. The van der Waals surface area contributed by atoms with Gasteiger partial charge in [-0.2, -0.15) is 5.26 Å². The Morgan fingerprint density at radius 1 is 1.12 bits per heavy atom. The van der Waals surface area contributed by atoms with Gasteiger partial charge in [0.15, 0.2) is 6.61 Å². The Morgan fingerprint density at radius 3 is 2.60 bits per heavy atom. The molecule has 0 aliphatic rings. The SMILES string of the molecule is N#Cc1ccccc1NC(=O)CNC(=O)COc1ccc(Cl)cc1Cl. The molecule has 0 radical (unpaired) electrons. The van der Waals surface area contributed by atoms with Crippen LogP contribution in [-0.4, -0.2) is 25.0 Å². The fourth-order valence-electron chi connectivity index (χ4n) is 1.85. The molecule has 2 aromatic carbocycles. The maximum atomic E-state index is 11.8. The molecule has 0 aliphatic heterocycles. The summed E-state index contributed by atoms with van der Waals surface area (Å²) in [4.78, 5) is 23.6. The molecule has 2 rings (SSSR count). The molecule has 25 heavy (non-hydrogen) atoms. The number of hydrogen-bond donors (Lipinski definition) is 2. The fraction of sp³-hybridized carbons (Fsp3) is 0.118. The molecule has 0 atom stereocenters. The van der Waals surface area contributed by atoms with E-state index in [4.69, 9.17) is 33.2 Å². The number of nitrogens with one attached hydrogen (secondary N) is 2. The van der Waals surface area contributed by atoms with Gasteiger partial charge in [0.25, 0.3) is 5.91 Å². The first kappa shape index (κ1) is 18.6. The summed E-state index contributed by atoms with van der Waals surface area (Å²) in [6, 6.07) is 13.2. The van der Waals surface area contributed by atoms with Crippen LogP contribution in [0.1, 0.15) is 5.56 Å². The molecular formula is C17H13Cl2N3O3. The smallest absolute Gasteiger partial charge is 0.258 e. The third-order valence-electron chi connectivity index (χ3n) is 3.02. The molecule has 0 bridgehead atoms. The quantitative estimate of drug-likeness (QED) is 0.809. The Morgan fingerprint density at radius 2 is 1.88 bits per heavy atom. The Hall–Kier alpha value is -2.75. The van der Waals surface area contributed by atoms with Crippen LogP contribution in [0.25, 0.3) is 0 Å². The number of anilines is 1. The molecule has 2 amide bonds. The van der Waals surface area contributed by atoms with Gasteiger partial charge >= 0.3 is 0 Å². The van der Waals surface area contributed by atoms with Crippen LogP contribution < -0.4 is 15.4 Å². The van der Waals surface area contributed by atoms with Crippen LogP contribution in [0.15, 0.2) is 42.5 Å². The summed E-state index contributed by atoms with van der Waals surface area (Å²) in [6.07, 6.45) is 0. The second-order valence-electron chi connectivity index (χ2n) is 4.85.